The van der Waals surface area contributed by atoms with Gasteiger partial charge in [0.2, 0.25) is 10.0 Å². The maximum atomic E-state index is 13.3. The molecule has 0 aromatic heterocycles. The van der Waals surface area contributed by atoms with Gasteiger partial charge in [-0.3, -0.25) is 0 Å². The van der Waals surface area contributed by atoms with Crippen LogP contribution in [0.3, 0.4) is 0 Å². The molecule has 1 aliphatic rings. The molecule has 0 unspecified atom stereocenters. The monoisotopic (exact) mass is 372 g/mol. The molecule has 4 nitrogen and oxygen atoms in total. The van der Waals surface area contributed by atoms with Crippen LogP contribution < -0.4 is 4.72 Å². The summed E-state index contributed by atoms with van der Waals surface area (Å²) in [5.41, 5.74) is 1.47. The first-order valence-corrected chi connectivity index (χ1v) is 10.2. The summed E-state index contributed by atoms with van der Waals surface area (Å²) in [4.78, 5) is 0.195. The number of nitrogens with one attached hydrogen (secondary N) is 1. The zero-order valence-electron chi connectivity index (χ0n) is 14.6. The fourth-order valence-electron chi connectivity index (χ4n) is 3.34. The van der Waals surface area contributed by atoms with Crippen LogP contribution in [-0.4, -0.2) is 14.5 Å². The number of benzene rings is 2. The van der Waals surface area contributed by atoms with E-state index in [1.54, 1.807) is 12.1 Å². The molecule has 0 spiro atoms. The Kier molecular flexibility index (Phi) is 5.40. The highest BCUT2D eigenvalue weighted by atomic mass is 32.2. The Hall–Kier alpha value is -2.23. The molecule has 1 fully saturated rings. The van der Waals surface area contributed by atoms with Crippen molar-refractivity contribution in [1.29, 1.82) is 5.26 Å². The minimum absolute atomic E-state index is 0.0156. The zero-order chi connectivity index (χ0) is 18.7. The van der Waals surface area contributed by atoms with Crippen LogP contribution in [0.1, 0.15) is 38.2 Å². The van der Waals surface area contributed by atoms with Gasteiger partial charge in [0, 0.05) is 6.04 Å². The predicted octanol–water partition coefficient (Wildman–Crippen LogP) is 4.22. The van der Waals surface area contributed by atoms with Gasteiger partial charge in [-0.25, -0.2) is 17.5 Å². The third kappa shape index (κ3) is 4.12. The molecule has 0 radical (unpaired) electrons. The summed E-state index contributed by atoms with van der Waals surface area (Å²) in [7, 11) is -3.57. The lowest BCUT2D eigenvalue weighted by atomic mass is 9.88. The molecule has 0 amide bonds. The molecular formula is C20H21FN2O2S. The van der Waals surface area contributed by atoms with Crippen LogP contribution in [0.4, 0.5) is 4.39 Å². The molecule has 0 saturated heterocycles. The Morgan fingerprint density at radius 3 is 2.35 bits per heavy atom. The van der Waals surface area contributed by atoms with E-state index in [4.69, 9.17) is 5.26 Å². The zero-order valence-corrected chi connectivity index (χ0v) is 15.4. The van der Waals surface area contributed by atoms with Gasteiger partial charge < -0.3 is 0 Å². The van der Waals surface area contributed by atoms with Crippen LogP contribution in [0.2, 0.25) is 0 Å². The lowest BCUT2D eigenvalue weighted by Crippen LogP contribution is -2.37. The van der Waals surface area contributed by atoms with E-state index in [-0.39, 0.29) is 16.5 Å². The lowest BCUT2D eigenvalue weighted by molar-refractivity contribution is 0.332. The van der Waals surface area contributed by atoms with Crippen LogP contribution in [-0.2, 0) is 10.0 Å². The van der Waals surface area contributed by atoms with E-state index in [0.29, 0.717) is 17.0 Å². The lowest BCUT2D eigenvalue weighted by Gasteiger charge is -2.26. The van der Waals surface area contributed by atoms with Gasteiger partial charge in [0.1, 0.15) is 5.82 Å². The predicted molar refractivity (Wildman–Crippen MR) is 98.3 cm³/mol. The van der Waals surface area contributed by atoms with Crippen molar-refractivity contribution in [3.8, 4) is 17.2 Å². The Labute approximate surface area is 153 Å². The van der Waals surface area contributed by atoms with Crippen molar-refractivity contribution in [2.75, 3.05) is 0 Å². The van der Waals surface area contributed by atoms with Crippen LogP contribution >= 0.6 is 0 Å². The first kappa shape index (κ1) is 18.6. The van der Waals surface area contributed by atoms with E-state index in [0.717, 1.165) is 25.7 Å². The molecular weight excluding hydrogens is 351 g/mol. The van der Waals surface area contributed by atoms with E-state index in [9.17, 15) is 12.8 Å². The standard InChI is InChI=1S/C20H21FN2O2S/c1-14-2-7-18(8-3-14)23-26(24,25)19-9-4-15(5-10-19)20-11-6-17(21)12-16(20)13-22/h4-6,9-12,14,18,23H,2-3,7-8H2,1H3/t14-,18+. The Morgan fingerprint density at radius 1 is 1.08 bits per heavy atom. The SMILES string of the molecule is C[C@H]1CC[C@@H](NS(=O)(=O)c2ccc(-c3ccc(F)cc3C#N)cc2)CC1. The van der Waals surface area contributed by atoms with Gasteiger partial charge in [-0.15, -0.1) is 0 Å². The summed E-state index contributed by atoms with van der Waals surface area (Å²) in [6.45, 7) is 2.19. The minimum atomic E-state index is -3.57. The number of sulfonamides is 1. The molecule has 3 rings (SSSR count). The molecule has 2 aromatic carbocycles. The summed E-state index contributed by atoms with van der Waals surface area (Å²) in [5.74, 6) is 0.176. The van der Waals surface area contributed by atoms with Gasteiger partial charge in [0.05, 0.1) is 16.5 Å². The van der Waals surface area contributed by atoms with Crippen molar-refractivity contribution in [2.45, 2.75) is 43.5 Å². The first-order chi connectivity index (χ1) is 12.4. The molecule has 6 heteroatoms. The highest BCUT2D eigenvalue weighted by molar-refractivity contribution is 7.89. The Bertz CT molecular complexity index is 925. The number of hydrogen-bond acceptors (Lipinski definition) is 3. The third-order valence-electron chi connectivity index (χ3n) is 4.92. The minimum Gasteiger partial charge on any atom is -0.208 e. The largest absolute Gasteiger partial charge is 0.240 e. The Morgan fingerprint density at radius 2 is 1.73 bits per heavy atom. The normalized spacial score (nSPS) is 20.5. The molecule has 1 N–H and O–H groups in total. The van der Waals surface area contributed by atoms with Crippen molar-refractivity contribution in [1.82, 2.24) is 4.72 Å². The average Bonchev–Trinajstić information content (AvgIpc) is 2.63. The smallest absolute Gasteiger partial charge is 0.208 e. The van der Waals surface area contributed by atoms with Crippen molar-refractivity contribution < 1.29 is 12.8 Å². The van der Waals surface area contributed by atoms with E-state index < -0.39 is 15.8 Å². The number of nitriles is 1. The van der Waals surface area contributed by atoms with Crippen LogP contribution in [0.15, 0.2) is 47.4 Å². The summed E-state index contributed by atoms with van der Waals surface area (Å²) in [6, 6.07) is 12.3. The summed E-state index contributed by atoms with van der Waals surface area (Å²) in [6.07, 6.45) is 3.79. The second kappa shape index (κ2) is 7.56. The van der Waals surface area contributed by atoms with E-state index in [1.807, 2.05) is 6.07 Å². The number of halogens is 1. The second-order valence-corrected chi connectivity index (χ2v) is 8.62. The summed E-state index contributed by atoms with van der Waals surface area (Å²) in [5, 5.41) is 9.17. The molecule has 0 heterocycles. The second-order valence-electron chi connectivity index (χ2n) is 6.90. The maximum Gasteiger partial charge on any atom is 0.240 e. The maximum absolute atomic E-state index is 13.3. The highest BCUT2D eigenvalue weighted by Gasteiger charge is 2.24. The molecule has 2 aromatic rings. The summed E-state index contributed by atoms with van der Waals surface area (Å²) >= 11 is 0. The number of hydrogen-bond donors (Lipinski definition) is 1. The Balaban J connectivity index is 1.80. The van der Waals surface area contributed by atoms with E-state index in [2.05, 4.69) is 11.6 Å². The van der Waals surface area contributed by atoms with Crippen molar-refractivity contribution in [3.63, 3.8) is 0 Å². The quantitative estimate of drug-likeness (QED) is 0.873. The van der Waals surface area contributed by atoms with Gasteiger partial charge in [0.15, 0.2) is 0 Å². The molecule has 136 valence electrons. The molecule has 1 aliphatic carbocycles. The van der Waals surface area contributed by atoms with Gasteiger partial charge in [-0.05, 0) is 67.0 Å². The van der Waals surface area contributed by atoms with Gasteiger partial charge >= 0.3 is 0 Å². The number of rotatable bonds is 4. The fourth-order valence-corrected chi connectivity index (χ4v) is 4.64. The molecule has 26 heavy (non-hydrogen) atoms. The fraction of sp³-hybridized carbons (Fsp3) is 0.350. The highest BCUT2D eigenvalue weighted by Crippen LogP contribution is 2.27. The molecule has 0 bridgehead atoms. The topological polar surface area (TPSA) is 70.0 Å². The molecule has 0 atom stereocenters. The summed E-state index contributed by atoms with van der Waals surface area (Å²) < 4.78 is 41.2. The van der Waals surface area contributed by atoms with Crippen LogP contribution in [0.25, 0.3) is 11.1 Å². The first-order valence-electron chi connectivity index (χ1n) is 8.71. The van der Waals surface area contributed by atoms with E-state index in [1.165, 1.54) is 30.3 Å². The van der Waals surface area contributed by atoms with Crippen molar-refractivity contribution >= 4 is 10.0 Å². The van der Waals surface area contributed by atoms with E-state index >= 15 is 0 Å². The van der Waals surface area contributed by atoms with Gasteiger partial charge in [0.25, 0.3) is 0 Å². The average molecular weight is 372 g/mol. The van der Waals surface area contributed by atoms with Crippen LogP contribution in [0.5, 0.6) is 0 Å². The van der Waals surface area contributed by atoms with Crippen molar-refractivity contribution in [3.05, 3.63) is 53.8 Å². The number of nitrogens with zero attached hydrogens (tertiary/aromatic N) is 1. The third-order valence-corrected chi connectivity index (χ3v) is 6.45. The van der Waals surface area contributed by atoms with Crippen LogP contribution in [0, 0.1) is 23.1 Å². The molecule has 1 saturated carbocycles. The van der Waals surface area contributed by atoms with Gasteiger partial charge in [-0.1, -0.05) is 25.1 Å². The van der Waals surface area contributed by atoms with Gasteiger partial charge in [-0.2, -0.15) is 5.26 Å². The van der Waals surface area contributed by atoms with Crippen molar-refractivity contribution in [2.24, 2.45) is 5.92 Å². The molecule has 0 aliphatic heterocycles.